The third-order valence-electron chi connectivity index (χ3n) is 2.46. The summed E-state index contributed by atoms with van der Waals surface area (Å²) < 4.78 is 0. The average molecular weight is 447 g/mol. The minimum atomic E-state index is 0.891. The second-order valence-corrected chi connectivity index (χ2v) is 8.40. The maximum atomic E-state index is 4.29. The molecule has 0 saturated heterocycles. The molecule has 3 rings (SSSR count). The van der Waals surface area contributed by atoms with Crippen LogP contribution in [-0.2, 0) is 11.3 Å². The second-order valence-electron chi connectivity index (χ2n) is 3.65. The van der Waals surface area contributed by atoms with E-state index in [0.717, 1.165) is 11.6 Å². The average Bonchev–Trinajstić information content (AvgIpc) is 3.00. The van der Waals surface area contributed by atoms with Crippen LogP contribution in [0.3, 0.4) is 0 Å². The van der Waals surface area contributed by atoms with E-state index in [4.69, 9.17) is 0 Å². The van der Waals surface area contributed by atoms with E-state index in [1.54, 1.807) is 12.4 Å². The fraction of sp³-hybridized carbons (Fsp3) is 0. The van der Waals surface area contributed by atoms with Crippen molar-refractivity contribution >= 4 is 39.9 Å². The monoisotopic (exact) mass is 444 g/mol. The molecule has 109 valence electrons. The Morgan fingerprint density at radius 2 is 1.30 bits per heavy atom. The third-order valence-corrected chi connectivity index (χ3v) is 2.46. The first kappa shape index (κ1) is 15.5. The van der Waals surface area contributed by atoms with Gasteiger partial charge in [-0.1, -0.05) is 12.1 Å². The molecule has 0 spiro atoms. The number of hydrogen-bond acceptors (Lipinski definition) is 4. The van der Waals surface area contributed by atoms with E-state index < -0.39 is 0 Å². The number of halogens is 2. The summed E-state index contributed by atoms with van der Waals surface area (Å²) in [4.78, 5) is 12.5. The number of anilines is 2. The van der Waals surface area contributed by atoms with E-state index in [2.05, 4.69) is 38.2 Å². The van der Waals surface area contributed by atoms with Gasteiger partial charge in [0, 0.05) is 12.4 Å². The van der Waals surface area contributed by atoms with E-state index in [9.17, 15) is 0 Å². The van der Waals surface area contributed by atoms with Crippen LogP contribution in [0.5, 0.6) is 0 Å². The molecule has 2 aromatic heterocycles. The van der Waals surface area contributed by atoms with Gasteiger partial charge in [-0.05, 0) is 36.7 Å². The van der Waals surface area contributed by atoms with Crippen molar-refractivity contribution in [1.29, 1.82) is 0 Å². The number of rotatable bonds is 2. The molecule has 0 aliphatic carbocycles. The molecular weight excluding hydrogens is 436 g/mol. The van der Waals surface area contributed by atoms with Gasteiger partial charge in [0.25, 0.3) is 0 Å². The van der Waals surface area contributed by atoms with E-state index >= 15 is 0 Å². The van der Waals surface area contributed by atoms with Gasteiger partial charge in [-0.15, -0.1) is 6.67 Å². The van der Waals surface area contributed by atoms with E-state index in [1.807, 2.05) is 65.3 Å². The van der Waals surface area contributed by atoms with Gasteiger partial charge in [-0.3, -0.25) is 0 Å². The summed E-state index contributed by atoms with van der Waals surface area (Å²) in [6, 6.07) is 11.7. The van der Waals surface area contributed by atoms with Crippen LogP contribution < -0.4 is 9.80 Å². The van der Waals surface area contributed by atoms with Crippen LogP contribution in [-0.4, -0.2) is 9.97 Å². The molecule has 0 saturated carbocycles. The maximum absolute atomic E-state index is 4.29. The van der Waals surface area contributed by atoms with Gasteiger partial charge >= 0.3 is 39.6 Å². The second kappa shape index (κ2) is 8.42. The molecule has 0 N–H and O–H groups in total. The Labute approximate surface area is 138 Å². The number of nitrogens with zero attached hydrogens (tertiary/aromatic N) is 4. The molecule has 4 nitrogen and oxygen atoms in total. The summed E-state index contributed by atoms with van der Waals surface area (Å²) in [5.41, 5.74) is 0. The molecule has 20 heavy (non-hydrogen) atoms. The van der Waals surface area contributed by atoms with Crippen LogP contribution in [0.15, 0.2) is 61.2 Å². The number of aromatic nitrogens is 2. The first-order valence-corrected chi connectivity index (χ1v) is 10.2. The fourth-order valence-corrected chi connectivity index (χ4v) is 1.64. The van der Waals surface area contributed by atoms with Gasteiger partial charge < -0.3 is 9.80 Å². The molecule has 7 heteroatoms. The van der Waals surface area contributed by atoms with Gasteiger partial charge in [0.2, 0.25) is 0 Å². The molecule has 0 amide bonds. The molecule has 0 bridgehead atoms. The Balaban J connectivity index is 0.000000452. The van der Waals surface area contributed by atoms with Crippen molar-refractivity contribution in [2.45, 2.75) is 0 Å². The van der Waals surface area contributed by atoms with Crippen LogP contribution in [0.2, 0.25) is 0 Å². The summed E-state index contributed by atoms with van der Waals surface area (Å²) in [6.45, 7) is 1.95. The summed E-state index contributed by atoms with van der Waals surface area (Å²) in [5.74, 6) is 1.78. The minimum absolute atomic E-state index is 0.891. The van der Waals surface area contributed by atoms with Crippen molar-refractivity contribution in [2.75, 3.05) is 9.80 Å². The third kappa shape index (κ3) is 4.31. The Bertz CT molecular complexity index is 491. The van der Waals surface area contributed by atoms with Gasteiger partial charge in [0.15, 0.2) is 0 Å². The molecular formula is C13H11Br2CuN4-. The van der Waals surface area contributed by atoms with Crippen molar-refractivity contribution in [3.8, 4) is 0 Å². The zero-order valence-electron chi connectivity index (χ0n) is 10.2. The van der Waals surface area contributed by atoms with Crippen LogP contribution >= 0.6 is 28.2 Å². The Kier molecular flexibility index (Phi) is 6.53. The summed E-state index contributed by atoms with van der Waals surface area (Å²) in [5, 5.41) is 0. The molecule has 1 aliphatic rings. The molecule has 0 radical (unpaired) electrons. The predicted molar refractivity (Wildman–Crippen MR) is 84.7 cm³/mol. The topological polar surface area (TPSA) is 32.3 Å². The summed E-state index contributed by atoms with van der Waals surface area (Å²) in [6.07, 6.45) is 7.47. The quantitative estimate of drug-likeness (QED) is 0.514. The first-order chi connectivity index (χ1) is 9.85. The molecule has 1 aliphatic heterocycles. The molecule has 0 aromatic carbocycles. The standard InChI is InChI=1S/C13H11N4.2BrH.Cu/c1-3-7-14-12(5-1)16-9-10-17(11-16)13-6-2-4-8-15-13;;;/h1-11H;2*1H;/q-1;;;+2/p-2. The molecule has 2 aromatic rings. The van der Waals surface area contributed by atoms with E-state index in [1.165, 1.54) is 11.3 Å². The van der Waals surface area contributed by atoms with Crippen molar-refractivity contribution in [3.05, 3.63) is 67.9 Å². The zero-order chi connectivity index (χ0) is 14.2. The normalized spacial score (nSPS) is 13.3. The molecule has 3 heterocycles. The fourth-order valence-electron chi connectivity index (χ4n) is 1.64. The summed E-state index contributed by atoms with van der Waals surface area (Å²) >= 11 is 7.38. The Hall–Kier alpha value is -0.881. The Morgan fingerprint density at radius 3 is 1.65 bits per heavy atom. The van der Waals surface area contributed by atoms with Crippen molar-refractivity contribution in [3.63, 3.8) is 0 Å². The Morgan fingerprint density at radius 1 is 0.850 bits per heavy atom. The predicted octanol–water partition coefficient (Wildman–Crippen LogP) is 4.08. The van der Waals surface area contributed by atoms with Crippen LogP contribution in [0.25, 0.3) is 0 Å². The van der Waals surface area contributed by atoms with Crippen molar-refractivity contribution < 1.29 is 11.3 Å². The van der Waals surface area contributed by atoms with Gasteiger partial charge in [-0.25, -0.2) is 9.97 Å². The van der Waals surface area contributed by atoms with Crippen LogP contribution in [0, 0.1) is 6.67 Å². The van der Waals surface area contributed by atoms with Crippen molar-refractivity contribution in [2.24, 2.45) is 0 Å². The number of pyridine rings is 2. The van der Waals surface area contributed by atoms with Gasteiger partial charge in [-0.2, -0.15) is 0 Å². The van der Waals surface area contributed by atoms with Crippen LogP contribution in [0.1, 0.15) is 0 Å². The summed E-state index contributed by atoms with van der Waals surface area (Å²) in [7, 11) is 0. The van der Waals surface area contributed by atoms with Crippen molar-refractivity contribution in [1.82, 2.24) is 9.97 Å². The SMILES string of the molecule is C1=CN(c2ccccn2)[CH-]N1c1ccccn1.[Br][Cu][Br]. The molecule has 0 fully saturated rings. The van der Waals surface area contributed by atoms with Gasteiger partial charge in [0.05, 0.1) is 0 Å². The van der Waals surface area contributed by atoms with E-state index in [0.29, 0.717) is 0 Å². The first-order valence-electron chi connectivity index (χ1n) is 5.58. The van der Waals surface area contributed by atoms with E-state index in [-0.39, 0.29) is 0 Å². The molecule has 0 atom stereocenters. The van der Waals surface area contributed by atoms with Crippen LogP contribution in [0.4, 0.5) is 11.6 Å². The zero-order valence-corrected chi connectivity index (χ0v) is 14.3. The van der Waals surface area contributed by atoms with Gasteiger partial charge in [0.1, 0.15) is 11.6 Å². The molecule has 0 unspecified atom stereocenters. The number of hydrogen-bond donors (Lipinski definition) is 0.